The number of nitrogen functional groups attached to an aromatic ring is 1. The van der Waals surface area contributed by atoms with Crippen LogP contribution in [0, 0.1) is 0 Å². The molecule has 1 rings (SSSR count). The molecule has 0 amide bonds. The maximum absolute atomic E-state index is 12.1. The lowest BCUT2D eigenvalue weighted by Crippen LogP contribution is -2.24. The number of nitrogens with zero attached hydrogens (tertiary/aromatic N) is 1. The number of rotatable bonds is 4. The zero-order valence-electron chi connectivity index (χ0n) is 8.38. The maximum Gasteiger partial charge on any atom is 0.251 e. The van der Waals surface area contributed by atoms with Crippen LogP contribution in [0.1, 0.15) is 5.56 Å². The van der Waals surface area contributed by atoms with Crippen molar-refractivity contribution in [3.05, 3.63) is 28.2 Å². The van der Waals surface area contributed by atoms with Crippen LogP contribution in [0.4, 0.5) is 14.5 Å². The van der Waals surface area contributed by atoms with Crippen LogP contribution in [0.25, 0.3) is 0 Å². The average molecular weight is 279 g/mol. The van der Waals surface area contributed by atoms with Crippen LogP contribution in [-0.4, -0.2) is 24.9 Å². The van der Waals surface area contributed by atoms with Gasteiger partial charge in [0.05, 0.1) is 6.54 Å². The monoisotopic (exact) mass is 278 g/mol. The molecule has 0 aromatic heterocycles. The molecule has 84 valence electrons. The molecule has 0 heterocycles. The second-order valence-corrected chi connectivity index (χ2v) is 4.20. The van der Waals surface area contributed by atoms with Gasteiger partial charge in [0.1, 0.15) is 0 Å². The van der Waals surface area contributed by atoms with Gasteiger partial charge in [-0.15, -0.1) is 0 Å². The van der Waals surface area contributed by atoms with Crippen molar-refractivity contribution in [1.82, 2.24) is 4.90 Å². The molecule has 5 heteroatoms. The van der Waals surface area contributed by atoms with Gasteiger partial charge in [-0.05, 0) is 34.6 Å². The van der Waals surface area contributed by atoms with Crippen LogP contribution in [0.2, 0.25) is 0 Å². The van der Waals surface area contributed by atoms with Crippen LogP contribution >= 0.6 is 15.9 Å². The van der Waals surface area contributed by atoms with Gasteiger partial charge in [-0.1, -0.05) is 12.1 Å². The Morgan fingerprint density at radius 1 is 1.47 bits per heavy atom. The number of hydrogen-bond acceptors (Lipinski definition) is 2. The van der Waals surface area contributed by atoms with Gasteiger partial charge in [0.2, 0.25) is 0 Å². The molecule has 1 aromatic carbocycles. The minimum Gasteiger partial charge on any atom is -0.398 e. The topological polar surface area (TPSA) is 29.3 Å². The van der Waals surface area contributed by atoms with Gasteiger partial charge >= 0.3 is 0 Å². The summed E-state index contributed by atoms with van der Waals surface area (Å²) in [5.41, 5.74) is 7.22. The predicted octanol–water partition coefficient (Wildman–Crippen LogP) is 2.73. The molecule has 0 bridgehead atoms. The van der Waals surface area contributed by atoms with Crippen molar-refractivity contribution in [2.24, 2.45) is 0 Å². The highest BCUT2D eigenvalue weighted by Gasteiger charge is 2.10. The molecule has 0 unspecified atom stereocenters. The van der Waals surface area contributed by atoms with E-state index in [1.165, 1.54) is 0 Å². The van der Waals surface area contributed by atoms with Crippen molar-refractivity contribution in [2.75, 3.05) is 19.3 Å². The van der Waals surface area contributed by atoms with E-state index >= 15 is 0 Å². The molecule has 1 aromatic rings. The van der Waals surface area contributed by atoms with E-state index in [0.717, 1.165) is 10.0 Å². The summed E-state index contributed by atoms with van der Waals surface area (Å²) in [5, 5.41) is 0. The zero-order valence-corrected chi connectivity index (χ0v) is 9.97. The zero-order chi connectivity index (χ0) is 11.4. The molecule has 0 aliphatic rings. The largest absolute Gasteiger partial charge is 0.398 e. The van der Waals surface area contributed by atoms with Crippen molar-refractivity contribution >= 4 is 21.6 Å². The average Bonchev–Trinajstić information content (AvgIpc) is 2.11. The second kappa shape index (κ2) is 5.42. The van der Waals surface area contributed by atoms with Crippen LogP contribution < -0.4 is 5.73 Å². The van der Waals surface area contributed by atoms with E-state index in [4.69, 9.17) is 5.73 Å². The first-order valence-electron chi connectivity index (χ1n) is 4.50. The third-order valence-corrected chi connectivity index (χ3v) is 2.97. The first-order chi connectivity index (χ1) is 7.00. The van der Waals surface area contributed by atoms with Gasteiger partial charge < -0.3 is 5.73 Å². The maximum atomic E-state index is 12.1. The number of hydrogen-bond donors (Lipinski definition) is 1. The van der Waals surface area contributed by atoms with E-state index < -0.39 is 6.43 Å². The molecule has 2 N–H and O–H groups in total. The highest BCUT2D eigenvalue weighted by Crippen LogP contribution is 2.24. The Balaban J connectivity index is 2.68. The third-order valence-electron chi connectivity index (χ3n) is 2.00. The molecule has 0 radical (unpaired) electrons. The summed E-state index contributed by atoms with van der Waals surface area (Å²) in [6.45, 7) is 0.219. The molecule has 2 nitrogen and oxygen atoms in total. The van der Waals surface area contributed by atoms with Crippen LogP contribution in [0.15, 0.2) is 22.7 Å². The first-order valence-corrected chi connectivity index (χ1v) is 5.29. The Morgan fingerprint density at radius 2 is 2.13 bits per heavy atom. The summed E-state index contributed by atoms with van der Waals surface area (Å²) < 4.78 is 25.0. The van der Waals surface area contributed by atoms with Gasteiger partial charge in [0, 0.05) is 16.7 Å². The lowest BCUT2D eigenvalue weighted by atomic mass is 10.2. The van der Waals surface area contributed by atoms with Gasteiger partial charge in [0.25, 0.3) is 6.43 Å². The Bertz CT molecular complexity index is 331. The summed E-state index contributed by atoms with van der Waals surface area (Å²) >= 11 is 3.34. The van der Waals surface area contributed by atoms with Gasteiger partial charge in [-0.3, -0.25) is 4.90 Å². The molecule has 15 heavy (non-hydrogen) atoms. The second-order valence-electron chi connectivity index (χ2n) is 3.41. The Morgan fingerprint density at radius 3 is 2.73 bits per heavy atom. The van der Waals surface area contributed by atoms with Crippen molar-refractivity contribution in [2.45, 2.75) is 13.0 Å². The van der Waals surface area contributed by atoms with E-state index in [0.29, 0.717) is 12.2 Å². The first kappa shape index (κ1) is 12.4. The normalized spacial score (nSPS) is 11.3. The molecule has 0 spiro atoms. The molecule has 0 fully saturated rings. The number of benzene rings is 1. The van der Waals surface area contributed by atoms with Crippen molar-refractivity contribution in [1.29, 1.82) is 0 Å². The fourth-order valence-corrected chi connectivity index (χ4v) is 1.70. The van der Waals surface area contributed by atoms with Gasteiger partial charge in [-0.2, -0.15) is 0 Å². The molecule has 0 atom stereocenters. The fourth-order valence-electron chi connectivity index (χ4n) is 1.31. The molecular formula is C10H13BrF2N2. The van der Waals surface area contributed by atoms with E-state index in [-0.39, 0.29) is 6.54 Å². The van der Waals surface area contributed by atoms with Crippen LogP contribution in [0.5, 0.6) is 0 Å². The Kier molecular flexibility index (Phi) is 4.47. The minimum absolute atomic E-state index is 0.235. The summed E-state index contributed by atoms with van der Waals surface area (Å²) in [7, 11) is 1.65. The van der Waals surface area contributed by atoms with Crippen molar-refractivity contribution in [3.8, 4) is 0 Å². The fraction of sp³-hybridized carbons (Fsp3) is 0.400. The van der Waals surface area contributed by atoms with Crippen molar-refractivity contribution < 1.29 is 8.78 Å². The van der Waals surface area contributed by atoms with Crippen LogP contribution in [-0.2, 0) is 6.54 Å². The smallest absolute Gasteiger partial charge is 0.251 e. The summed E-state index contributed by atoms with van der Waals surface area (Å²) in [6.07, 6.45) is -2.31. The Labute approximate surface area is 96.2 Å². The standard InChI is InChI=1S/C10H13BrF2N2/c1-15(6-9(12)13)5-7-3-2-4-8(14)10(7)11/h2-4,9H,5-6,14H2,1H3. The summed E-state index contributed by atoms with van der Waals surface area (Å²) in [4.78, 5) is 1.56. The quantitative estimate of drug-likeness (QED) is 0.859. The number of anilines is 1. The molecular weight excluding hydrogens is 266 g/mol. The third kappa shape index (κ3) is 3.76. The highest BCUT2D eigenvalue weighted by atomic mass is 79.9. The lowest BCUT2D eigenvalue weighted by Gasteiger charge is -2.17. The molecule has 0 saturated heterocycles. The highest BCUT2D eigenvalue weighted by molar-refractivity contribution is 9.10. The summed E-state index contributed by atoms with van der Waals surface area (Å²) in [6, 6.07) is 5.44. The lowest BCUT2D eigenvalue weighted by molar-refractivity contribution is 0.0975. The van der Waals surface area contributed by atoms with Crippen molar-refractivity contribution in [3.63, 3.8) is 0 Å². The van der Waals surface area contributed by atoms with E-state index in [1.54, 1.807) is 18.0 Å². The minimum atomic E-state index is -2.31. The van der Waals surface area contributed by atoms with Crippen LogP contribution in [0.3, 0.4) is 0 Å². The predicted molar refractivity (Wildman–Crippen MR) is 60.9 cm³/mol. The number of alkyl halides is 2. The van der Waals surface area contributed by atoms with E-state index in [9.17, 15) is 8.78 Å². The SMILES string of the molecule is CN(Cc1cccc(N)c1Br)CC(F)F. The molecule has 0 saturated carbocycles. The van der Waals surface area contributed by atoms with Gasteiger partial charge in [0.15, 0.2) is 0 Å². The Hall–Kier alpha value is -0.680. The van der Waals surface area contributed by atoms with E-state index in [1.807, 2.05) is 12.1 Å². The number of halogens is 3. The molecule has 0 aliphatic carbocycles. The molecule has 0 aliphatic heterocycles. The van der Waals surface area contributed by atoms with Gasteiger partial charge in [-0.25, -0.2) is 8.78 Å². The van der Waals surface area contributed by atoms with E-state index in [2.05, 4.69) is 15.9 Å². The summed E-state index contributed by atoms with van der Waals surface area (Å²) in [5.74, 6) is 0. The number of nitrogens with two attached hydrogens (primary N) is 1.